The number of hydrogen-bond donors (Lipinski definition) is 1. The first-order valence-electron chi connectivity index (χ1n) is 9.94. The van der Waals surface area contributed by atoms with Gasteiger partial charge in [-0.3, -0.25) is 4.79 Å². The number of piperidine rings is 1. The fourth-order valence-corrected chi connectivity index (χ4v) is 4.24. The number of esters is 1. The third-order valence-corrected chi connectivity index (χ3v) is 5.95. The molecule has 1 unspecified atom stereocenters. The number of aryl methyl sites for hydroxylation is 1. The summed E-state index contributed by atoms with van der Waals surface area (Å²) in [5.41, 5.74) is 0.548. The summed E-state index contributed by atoms with van der Waals surface area (Å²) in [6.45, 7) is 5.09. The Hall–Kier alpha value is -3.41. The molecule has 11 nitrogen and oxygen atoms in total. The zero-order chi connectivity index (χ0) is 21.8. The largest absolute Gasteiger partial charge is 0.462 e. The molecule has 0 radical (unpaired) electrons. The van der Waals surface area contributed by atoms with E-state index in [0.29, 0.717) is 40.5 Å². The molecule has 1 atom stereocenters. The summed E-state index contributed by atoms with van der Waals surface area (Å²) in [7, 11) is 0. The van der Waals surface area contributed by atoms with E-state index in [1.54, 1.807) is 20.2 Å². The number of rotatable bonds is 6. The van der Waals surface area contributed by atoms with Crippen LogP contribution in [0.3, 0.4) is 0 Å². The average Bonchev–Trinajstić information content (AvgIpc) is 3.44. The van der Waals surface area contributed by atoms with Gasteiger partial charge in [-0.2, -0.15) is 5.10 Å². The molecule has 1 aliphatic rings. The lowest BCUT2D eigenvalue weighted by Crippen LogP contribution is -2.41. The van der Waals surface area contributed by atoms with Gasteiger partial charge in [-0.15, -0.1) is 10.2 Å². The molecule has 4 rings (SSSR count). The van der Waals surface area contributed by atoms with Gasteiger partial charge in [0.1, 0.15) is 17.5 Å². The maximum atomic E-state index is 12.8. The summed E-state index contributed by atoms with van der Waals surface area (Å²) in [5, 5.41) is 15.8. The van der Waals surface area contributed by atoms with Gasteiger partial charge in [0.05, 0.1) is 18.2 Å². The molecule has 4 heterocycles. The molecule has 0 aliphatic carbocycles. The van der Waals surface area contributed by atoms with E-state index in [-0.39, 0.29) is 11.8 Å². The van der Waals surface area contributed by atoms with Gasteiger partial charge in [0, 0.05) is 13.1 Å². The number of carbonyl (C=O) groups is 2. The van der Waals surface area contributed by atoms with E-state index in [0.717, 1.165) is 30.7 Å². The highest BCUT2D eigenvalue weighted by atomic mass is 32.1. The molecule has 0 aromatic carbocycles. The van der Waals surface area contributed by atoms with Crippen LogP contribution < -0.4 is 10.2 Å². The summed E-state index contributed by atoms with van der Waals surface area (Å²) >= 11 is 1.13. The van der Waals surface area contributed by atoms with Crippen LogP contribution in [0.25, 0.3) is 5.82 Å². The number of aromatic nitrogens is 6. The Morgan fingerprint density at radius 2 is 2.10 bits per heavy atom. The fraction of sp³-hybridized carbons (Fsp3) is 0.421. The third kappa shape index (κ3) is 4.68. The Balaban J connectivity index is 1.40. The van der Waals surface area contributed by atoms with Gasteiger partial charge in [-0.05, 0) is 38.8 Å². The van der Waals surface area contributed by atoms with Crippen molar-refractivity contribution < 1.29 is 14.3 Å². The summed E-state index contributed by atoms with van der Waals surface area (Å²) in [4.78, 5) is 35.4. The normalized spacial score (nSPS) is 16.2. The van der Waals surface area contributed by atoms with Gasteiger partial charge >= 0.3 is 5.97 Å². The van der Waals surface area contributed by atoms with Crippen LogP contribution >= 0.6 is 11.3 Å². The topological polar surface area (TPSA) is 128 Å². The van der Waals surface area contributed by atoms with Crippen LogP contribution in [-0.4, -0.2) is 61.5 Å². The smallest absolute Gasteiger partial charge is 0.350 e. The van der Waals surface area contributed by atoms with E-state index < -0.39 is 5.97 Å². The number of nitrogens with zero attached hydrogens (tertiary/aromatic N) is 7. The molecular formula is C19H22N8O3S. The number of nitrogens with one attached hydrogen (secondary N) is 1. The number of carbonyl (C=O) groups excluding carboxylic acids is 2. The number of hydrogen-bond acceptors (Lipinski definition) is 10. The van der Waals surface area contributed by atoms with E-state index >= 15 is 0 Å². The SMILES string of the molecule is CCOC(=O)c1sc(NC(=O)C2CCCN(c3ccc(-n4cncn4)nn3)C2)nc1C. The summed E-state index contributed by atoms with van der Waals surface area (Å²) in [5.74, 6) is 0.511. The van der Waals surface area contributed by atoms with Crippen LogP contribution in [0.1, 0.15) is 35.1 Å². The second kappa shape index (κ2) is 9.16. The number of anilines is 2. The van der Waals surface area contributed by atoms with Gasteiger partial charge in [-0.25, -0.2) is 19.4 Å². The molecule has 0 bridgehead atoms. The Labute approximate surface area is 182 Å². The maximum absolute atomic E-state index is 12.8. The Morgan fingerprint density at radius 3 is 2.81 bits per heavy atom. The molecule has 1 fully saturated rings. The van der Waals surface area contributed by atoms with E-state index in [2.05, 4.69) is 30.6 Å². The highest BCUT2D eigenvalue weighted by molar-refractivity contribution is 7.17. The first kappa shape index (κ1) is 20.8. The first-order valence-corrected chi connectivity index (χ1v) is 10.8. The molecule has 0 saturated carbocycles. The highest BCUT2D eigenvalue weighted by Crippen LogP contribution is 2.26. The predicted octanol–water partition coefficient (Wildman–Crippen LogP) is 1.85. The second-order valence-electron chi connectivity index (χ2n) is 7.02. The predicted molar refractivity (Wildman–Crippen MR) is 113 cm³/mol. The van der Waals surface area contributed by atoms with Crippen LogP contribution in [-0.2, 0) is 9.53 Å². The molecule has 3 aromatic heterocycles. The minimum atomic E-state index is -0.422. The molecule has 162 valence electrons. The van der Waals surface area contributed by atoms with Gasteiger partial charge < -0.3 is 15.0 Å². The standard InChI is InChI=1S/C19H22N8O3S/c1-3-30-18(29)16-12(2)22-19(31-16)23-17(28)13-5-4-8-26(9-13)14-6-7-15(25-24-14)27-11-20-10-21-27/h6-7,10-11,13H,3-5,8-9H2,1-2H3,(H,22,23,28). The zero-order valence-electron chi connectivity index (χ0n) is 17.2. The molecular weight excluding hydrogens is 420 g/mol. The van der Waals surface area contributed by atoms with Crippen LogP contribution in [0.4, 0.5) is 10.9 Å². The lowest BCUT2D eigenvalue weighted by molar-refractivity contribution is -0.120. The summed E-state index contributed by atoms with van der Waals surface area (Å²) in [6.07, 6.45) is 4.61. The summed E-state index contributed by atoms with van der Waals surface area (Å²) < 4.78 is 6.56. The highest BCUT2D eigenvalue weighted by Gasteiger charge is 2.28. The minimum absolute atomic E-state index is 0.124. The first-order chi connectivity index (χ1) is 15.0. The molecule has 0 spiro atoms. The van der Waals surface area contributed by atoms with Gasteiger partial charge in [0.15, 0.2) is 16.8 Å². The van der Waals surface area contributed by atoms with Crippen molar-refractivity contribution >= 4 is 34.2 Å². The van der Waals surface area contributed by atoms with Crippen LogP contribution in [0, 0.1) is 12.8 Å². The Morgan fingerprint density at radius 1 is 1.29 bits per heavy atom. The van der Waals surface area contributed by atoms with Crippen molar-refractivity contribution in [2.75, 3.05) is 29.9 Å². The summed E-state index contributed by atoms with van der Waals surface area (Å²) in [6, 6.07) is 3.68. The molecule has 1 aliphatic heterocycles. The van der Waals surface area contributed by atoms with E-state index in [4.69, 9.17) is 4.74 Å². The molecule has 3 aromatic rings. The van der Waals surface area contributed by atoms with Gasteiger partial charge in [-0.1, -0.05) is 11.3 Å². The van der Waals surface area contributed by atoms with Gasteiger partial charge in [0.25, 0.3) is 0 Å². The number of thiazole rings is 1. The van der Waals surface area contributed by atoms with Crippen molar-refractivity contribution in [1.82, 2.24) is 29.9 Å². The molecule has 12 heteroatoms. The molecule has 1 N–H and O–H groups in total. The third-order valence-electron chi connectivity index (χ3n) is 4.89. The van der Waals surface area contributed by atoms with Crippen LogP contribution in [0.2, 0.25) is 0 Å². The Bertz CT molecular complexity index is 1050. The quantitative estimate of drug-likeness (QED) is 0.569. The van der Waals surface area contributed by atoms with Crippen molar-refractivity contribution in [3.63, 3.8) is 0 Å². The van der Waals surface area contributed by atoms with Crippen molar-refractivity contribution in [2.24, 2.45) is 5.92 Å². The molecule has 31 heavy (non-hydrogen) atoms. The fourth-order valence-electron chi connectivity index (χ4n) is 3.38. The van der Waals surface area contributed by atoms with Gasteiger partial charge in [0.2, 0.25) is 5.91 Å². The molecule has 1 saturated heterocycles. The maximum Gasteiger partial charge on any atom is 0.350 e. The zero-order valence-corrected chi connectivity index (χ0v) is 18.0. The van der Waals surface area contributed by atoms with E-state index in [9.17, 15) is 9.59 Å². The number of amides is 1. The number of ether oxygens (including phenoxy) is 1. The van der Waals surface area contributed by atoms with E-state index in [1.165, 1.54) is 11.0 Å². The molecule has 1 amide bonds. The van der Waals surface area contributed by atoms with Crippen molar-refractivity contribution in [3.05, 3.63) is 35.4 Å². The minimum Gasteiger partial charge on any atom is -0.462 e. The van der Waals surface area contributed by atoms with Crippen LogP contribution in [0.5, 0.6) is 0 Å². The van der Waals surface area contributed by atoms with Crippen LogP contribution in [0.15, 0.2) is 24.8 Å². The lowest BCUT2D eigenvalue weighted by Gasteiger charge is -2.32. The average molecular weight is 443 g/mol. The van der Waals surface area contributed by atoms with Crippen molar-refractivity contribution in [1.29, 1.82) is 0 Å². The monoisotopic (exact) mass is 442 g/mol. The lowest BCUT2D eigenvalue weighted by atomic mass is 9.97. The van der Waals surface area contributed by atoms with Crippen molar-refractivity contribution in [3.8, 4) is 5.82 Å². The van der Waals surface area contributed by atoms with E-state index in [1.807, 2.05) is 17.0 Å². The Kier molecular flexibility index (Phi) is 6.16. The van der Waals surface area contributed by atoms with Crippen molar-refractivity contribution in [2.45, 2.75) is 26.7 Å². The second-order valence-corrected chi connectivity index (χ2v) is 8.02.